The van der Waals surface area contributed by atoms with E-state index in [9.17, 15) is 4.79 Å². The third kappa shape index (κ3) is 1.50. The number of hydrogen-bond donors (Lipinski definition) is 2. The fraction of sp³-hybridized carbons (Fsp3) is 0.455. The summed E-state index contributed by atoms with van der Waals surface area (Å²) in [4.78, 5) is 21.5. The SMILES string of the molecule is O=c1[nH]c(CS)nc2sc3c(c12)CCCC3. The molecule has 0 bridgehead atoms. The minimum absolute atomic E-state index is 0.00782. The van der Waals surface area contributed by atoms with Gasteiger partial charge in [0.2, 0.25) is 0 Å². The van der Waals surface area contributed by atoms with E-state index in [1.165, 1.54) is 23.3 Å². The second kappa shape index (κ2) is 3.89. The monoisotopic (exact) mass is 252 g/mol. The summed E-state index contributed by atoms with van der Waals surface area (Å²) < 4.78 is 0. The number of nitrogens with zero attached hydrogens (tertiary/aromatic N) is 1. The van der Waals surface area contributed by atoms with Crippen LogP contribution in [0.5, 0.6) is 0 Å². The van der Waals surface area contributed by atoms with Gasteiger partial charge in [-0.05, 0) is 31.2 Å². The predicted molar refractivity (Wildman–Crippen MR) is 69.6 cm³/mol. The number of nitrogens with one attached hydrogen (secondary N) is 1. The van der Waals surface area contributed by atoms with Gasteiger partial charge in [0.05, 0.1) is 5.39 Å². The Kier molecular flexibility index (Phi) is 2.52. The van der Waals surface area contributed by atoms with Crippen molar-refractivity contribution in [3.05, 3.63) is 26.6 Å². The van der Waals surface area contributed by atoms with Crippen molar-refractivity contribution in [2.75, 3.05) is 0 Å². The van der Waals surface area contributed by atoms with Crippen LogP contribution in [0.1, 0.15) is 29.1 Å². The molecule has 0 aliphatic heterocycles. The number of H-pyrrole nitrogens is 1. The molecule has 1 N–H and O–H groups in total. The molecule has 0 amide bonds. The van der Waals surface area contributed by atoms with Gasteiger partial charge < -0.3 is 4.98 Å². The number of thiol groups is 1. The highest BCUT2D eigenvalue weighted by Gasteiger charge is 2.19. The zero-order valence-corrected chi connectivity index (χ0v) is 10.5. The molecule has 84 valence electrons. The van der Waals surface area contributed by atoms with Crippen LogP contribution in [-0.4, -0.2) is 9.97 Å². The van der Waals surface area contributed by atoms with Crippen LogP contribution in [0.3, 0.4) is 0 Å². The van der Waals surface area contributed by atoms with Gasteiger partial charge in [-0.15, -0.1) is 11.3 Å². The predicted octanol–water partition coefficient (Wildman–Crippen LogP) is 2.29. The molecule has 3 nitrogen and oxygen atoms in total. The molecule has 0 aromatic carbocycles. The third-order valence-electron chi connectivity index (χ3n) is 3.02. The first-order chi connectivity index (χ1) is 7.79. The zero-order chi connectivity index (χ0) is 11.1. The molecule has 16 heavy (non-hydrogen) atoms. The van der Waals surface area contributed by atoms with Crippen molar-refractivity contribution < 1.29 is 0 Å². The number of fused-ring (bicyclic) bond motifs is 3. The lowest BCUT2D eigenvalue weighted by Gasteiger charge is -2.09. The van der Waals surface area contributed by atoms with Crippen LogP contribution in [0, 0.1) is 0 Å². The van der Waals surface area contributed by atoms with E-state index in [0.29, 0.717) is 11.6 Å². The maximum Gasteiger partial charge on any atom is 0.259 e. The average molecular weight is 252 g/mol. The molecule has 0 radical (unpaired) electrons. The normalized spacial score (nSPS) is 15.3. The van der Waals surface area contributed by atoms with E-state index < -0.39 is 0 Å². The highest BCUT2D eigenvalue weighted by atomic mass is 32.1. The third-order valence-corrected chi connectivity index (χ3v) is 4.51. The van der Waals surface area contributed by atoms with E-state index in [4.69, 9.17) is 0 Å². The molecule has 3 rings (SSSR count). The van der Waals surface area contributed by atoms with E-state index in [2.05, 4.69) is 22.6 Å². The minimum Gasteiger partial charge on any atom is -0.309 e. The number of rotatable bonds is 1. The summed E-state index contributed by atoms with van der Waals surface area (Å²) in [5, 5.41) is 0.824. The Labute approximate surface area is 102 Å². The summed E-state index contributed by atoms with van der Waals surface area (Å²) in [7, 11) is 0. The van der Waals surface area contributed by atoms with E-state index in [1.807, 2.05) is 0 Å². The summed E-state index contributed by atoms with van der Waals surface area (Å²) in [6.07, 6.45) is 4.55. The lowest BCUT2D eigenvalue weighted by molar-refractivity contribution is 0.700. The van der Waals surface area contributed by atoms with Crippen LogP contribution >= 0.6 is 24.0 Å². The number of aromatic amines is 1. The second-order valence-electron chi connectivity index (χ2n) is 4.06. The largest absolute Gasteiger partial charge is 0.309 e. The van der Waals surface area contributed by atoms with Gasteiger partial charge in [0.1, 0.15) is 10.7 Å². The molecular weight excluding hydrogens is 240 g/mol. The van der Waals surface area contributed by atoms with Gasteiger partial charge in [0, 0.05) is 10.6 Å². The first kappa shape index (κ1) is 10.4. The van der Waals surface area contributed by atoms with Gasteiger partial charge in [-0.1, -0.05) is 0 Å². The van der Waals surface area contributed by atoms with Crippen molar-refractivity contribution in [1.82, 2.24) is 9.97 Å². The minimum atomic E-state index is 0.00782. The zero-order valence-electron chi connectivity index (χ0n) is 8.75. The lowest BCUT2D eigenvalue weighted by atomic mass is 9.97. The smallest absolute Gasteiger partial charge is 0.259 e. The fourth-order valence-electron chi connectivity index (χ4n) is 2.28. The Morgan fingerprint density at radius 2 is 2.19 bits per heavy atom. The Bertz CT molecular complexity index is 600. The Morgan fingerprint density at radius 3 is 3.00 bits per heavy atom. The van der Waals surface area contributed by atoms with Gasteiger partial charge in [0.25, 0.3) is 5.56 Å². The van der Waals surface area contributed by atoms with Gasteiger partial charge in [-0.2, -0.15) is 12.6 Å². The van der Waals surface area contributed by atoms with Crippen LogP contribution < -0.4 is 5.56 Å². The van der Waals surface area contributed by atoms with Crippen LogP contribution in [0.4, 0.5) is 0 Å². The van der Waals surface area contributed by atoms with Crippen molar-refractivity contribution in [1.29, 1.82) is 0 Å². The van der Waals surface area contributed by atoms with Crippen molar-refractivity contribution >= 4 is 34.2 Å². The van der Waals surface area contributed by atoms with Gasteiger partial charge in [0.15, 0.2) is 0 Å². The molecule has 0 saturated heterocycles. The summed E-state index contributed by atoms with van der Waals surface area (Å²) in [5.74, 6) is 1.15. The van der Waals surface area contributed by atoms with Gasteiger partial charge in [-0.3, -0.25) is 4.79 Å². The molecular formula is C11H12N2OS2. The van der Waals surface area contributed by atoms with Gasteiger partial charge >= 0.3 is 0 Å². The first-order valence-electron chi connectivity index (χ1n) is 5.44. The van der Waals surface area contributed by atoms with Crippen LogP contribution in [0.15, 0.2) is 4.79 Å². The molecule has 0 fully saturated rings. The standard InChI is InChI=1S/C11H12N2OS2/c14-10-9-6-3-1-2-4-7(6)16-11(9)13-8(5-15)12-10/h15H,1-5H2,(H,12,13,14). The molecule has 0 spiro atoms. The van der Waals surface area contributed by atoms with Crippen molar-refractivity contribution in [3.8, 4) is 0 Å². The molecule has 5 heteroatoms. The second-order valence-corrected chi connectivity index (χ2v) is 5.46. The quantitative estimate of drug-likeness (QED) is 0.765. The topological polar surface area (TPSA) is 45.8 Å². The Hall–Kier alpha value is -0.810. The lowest BCUT2D eigenvalue weighted by Crippen LogP contribution is -2.12. The summed E-state index contributed by atoms with van der Waals surface area (Å²) in [6, 6.07) is 0. The van der Waals surface area contributed by atoms with Crippen LogP contribution in [0.2, 0.25) is 0 Å². The highest BCUT2D eigenvalue weighted by Crippen LogP contribution is 2.33. The maximum atomic E-state index is 12.0. The fourth-order valence-corrected chi connectivity index (χ4v) is 3.71. The summed E-state index contributed by atoms with van der Waals surface area (Å²) in [5.41, 5.74) is 1.25. The number of aryl methyl sites for hydroxylation is 2. The number of aromatic nitrogens is 2. The molecule has 0 unspecified atom stereocenters. The Morgan fingerprint density at radius 1 is 1.38 bits per heavy atom. The van der Waals surface area contributed by atoms with E-state index in [-0.39, 0.29) is 5.56 Å². The van der Waals surface area contributed by atoms with Crippen LogP contribution in [0.25, 0.3) is 10.2 Å². The summed E-state index contributed by atoms with van der Waals surface area (Å²) in [6.45, 7) is 0. The molecule has 1 aliphatic carbocycles. The molecule has 0 saturated carbocycles. The van der Waals surface area contributed by atoms with E-state index in [1.54, 1.807) is 11.3 Å². The van der Waals surface area contributed by atoms with Gasteiger partial charge in [-0.25, -0.2) is 4.98 Å². The highest BCUT2D eigenvalue weighted by molar-refractivity contribution is 7.79. The molecule has 2 heterocycles. The first-order valence-corrected chi connectivity index (χ1v) is 6.89. The molecule has 2 aromatic rings. The number of hydrogen-bond acceptors (Lipinski definition) is 4. The van der Waals surface area contributed by atoms with Crippen molar-refractivity contribution in [2.45, 2.75) is 31.4 Å². The number of thiophene rings is 1. The van der Waals surface area contributed by atoms with Crippen molar-refractivity contribution in [3.63, 3.8) is 0 Å². The van der Waals surface area contributed by atoms with E-state index >= 15 is 0 Å². The maximum absolute atomic E-state index is 12.0. The van der Waals surface area contributed by atoms with Crippen molar-refractivity contribution in [2.24, 2.45) is 0 Å². The molecule has 2 aromatic heterocycles. The Balaban J connectivity index is 2.34. The molecule has 1 aliphatic rings. The molecule has 0 atom stereocenters. The average Bonchev–Trinajstić information content (AvgIpc) is 2.67. The van der Waals surface area contributed by atoms with Crippen LogP contribution in [-0.2, 0) is 18.6 Å². The van der Waals surface area contributed by atoms with E-state index in [0.717, 1.165) is 23.1 Å². The summed E-state index contributed by atoms with van der Waals surface area (Å²) >= 11 is 5.82.